The first-order chi connectivity index (χ1) is 8.54. The molecule has 1 aliphatic carbocycles. The Labute approximate surface area is 112 Å². The summed E-state index contributed by atoms with van der Waals surface area (Å²) in [4.78, 5) is 10.3. The van der Waals surface area contributed by atoms with Crippen molar-refractivity contribution in [1.82, 2.24) is 0 Å². The minimum Gasteiger partial charge on any atom is -0.486 e. The Kier molecular flexibility index (Phi) is 3.84. The van der Waals surface area contributed by atoms with Crippen LogP contribution in [0.25, 0.3) is 0 Å². The van der Waals surface area contributed by atoms with Crippen molar-refractivity contribution in [1.29, 1.82) is 0 Å². The lowest BCUT2D eigenvalue weighted by Crippen LogP contribution is -2.54. The average molecular weight is 318 g/mol. The van der Waals surface area contributed by atoms with Crippen LogP contribution in [0.1, 0.15) is 6.42 Å². The normalized spacial score (nSPS) is 26.5. The summed E-state index contributed by atoms with van der Waals surface area (Å²) in [6.45, 7) is 0. The van der Waals surface area contributed by atoms with Crippen molar-refractivity contribution in [2.24, 2.45) is 0 Å². The van der Waals surface area contributed by atoms with Crippen LogP contribution in [0.3, 0.4) is 0 Å². The Bertz CT molecular complexity index is 467. The van der Waals surface area contributed by atoms with Crippen molar-refractivity contribution in [3.63, 3.8) is 0 Å². The minimum absolute atomic E-state index is 0.0543. The molecule has 7 heteroatoms. The summed E-state index contributed by atoms with van der Waals surface area (Å²) in [6.07, 6.45) is -0.773. The minimum atomic E-state index is -0.544. The van der Waals surface area contributed by atoms with Crippen molar-refractivity contribution in [2.75, 3.05) is 7.11 Å². The number of nitro benzene ring substituents is 1. The second kappa shape index (κ2) is 5.21. The first-order valence-corrected chi connectivity index (χ1v) is 6.14. The maximum absolute atomic E-state index is 10.8. The number of ether oxygens (including phenoxy) is 2. The largest absolute Gasteiger partial charge is 0.486 e. The zero-order chi connectivity index (χ0) is 13.3. The molecule has 2 rings (SSSR count). The van der Waals surface area contributed by atoms with Crippen molar-refractivity contribution < 1.29 is 19.5 Å². The molecular formula is C11H12BrNO5. The third-order valence-corrected chi connectivity index (χ3v) is 3.71. The highest BCUT2D eigenvalue weighted by Gasteiger charge is 2.42. The molecule has 0 radical (unpaired) electrons. The summed E-state index contributed by atoms with van der Waals surface area (Å²) in [7, 11) is 1.49. The third kappa shape index (κ3) is 2.33. The second-order valence-corrected chi connectivity index (χ2v) is 4.80. The van der Waals surface area contributed by atoms with Crippen LogP contribution >= 0.6 is 15.9 Å². The van der Waals surface area contributed by atoms with E-state index in [0.29, 0.717) is 16.6 Å². The van der Waals surface area contributed by atoms with E-state index in [4.69, 9.17) is 9.47 Å². The molecule has 1 fully saturated rings. The molecule has 0 bridgehead atoms. The quantitative estimate of drug-likeness (QED) is 0.677. The summed E-state index contributed by atoms with van der Waals surface area (Å²) in [6, 6.07) is 4.57. The molecular weight excluding hydrogens is 306 g/mol. The highest BCUT2D eigenvalue weighted by atomic mass is 79.9. The summed E-state index contributed by atoms with van der Waals surface area (Å²) >= 11 is 3.15. The predicted octanol–water partition coefficient (Wildman–Crippen LogP) is 1.88. The Balaban J connectivity index is 2.15. The fourth-order valence-electron chi connectivity index (χ4n) is 1.88. The van der Waals surface area contributed by atoms with Crippen molar-refractivity contribution in [3.8, 4) is 5.75 Å². The maximum Gasteiger partial charge on any atom is 0.287 e. The molecule has 98 valence electrons. The van der Waals surface area contributed by atoms with Crippen LogP contribution in [0.4, 0.5) is 5.69 Å². The molecule has 0 aliphatic heterocycles. The molecule has 1 aromatic rings. The number of hydrogen-bond acceptors (Lipinski definition) is 5. The number of nitrogens with zero attached hydrogens (tertiary/aromatic N) is 1. The van der Waals surface area contributed by atoms with Gasteiger partial charge in [0.2, 0.25) is 0 Å². The topological polar surface area (TPSA) is 81.8 Å². The van der Waals surface area contributed by atoms with E-state index in [0.717, 1.165) is 0 Å². The molecule has 0 amide bonds. The standard InChI is InChI=1S/C11H12BrNO5/c1-17-11-7(14)5-9(11)18-8-4-2-3-6(10(8)12)13(15)16/h2-4,7,9,11,14H,5H2,1H3. The molecule has 0 spiro atoms. The van der Waals surface area contributed by atoms with Gasteiger partial charge in [-0.1, -0.05) is 6.07 Å². The SMILES string of the molecule is COC1C(O)CC1Oc1cccc([N+](=O)[O-])c1Br. The summed E-state index contributed by atoms with van der Waals surface area (Å²) in [5.74, 6) is 0.378. The summed E-state index contributed by atoms with van der Waals surface area (Å²) in [5, 5.41) is 20.2. The number of aliphatic hydroxyl groups is 1. The van der Waals surface area contributed by atoms with E-state index in [1.165, 1.54) is 13.2 Å². The Morgan fingerprint density at radius 3 is 2.83 bits per heavy atom. The number of halogens is 1. The smallest absolute Gasteiger partial charge is 0.287 e. The number of rotatable bonds is 4. The average Bonchev–Trinajstić information content (AvgIpc) is 2.30. The van der Waals surface area contributed by atoms with Crippen molar-refractivity contribution >= 4 is 21.6 Å². The maximum atomic E-state index is 10.8. The molecule has 1 N–H and O–H groups in total. The van der Waals surface area contributed by atoms with Gasteiger partial charge >= 0.3 is 0 Å². The van der Waals surface area contributed by atoms with Crippen LogP contribution < -0.4 is 4.74 Å². The van der Waals surface area contributed by atoms with Gasteiger partial charge in [-0.25, -0.2) is 0 Å². The van der Waals surface area contributed by atoms with Crippen LogP contribution in [0.2, 0.25) is 0 Å². The first-order valence-electron chi connectivity index (χ1n) is 5.35. The van der Waals surface area contributed by atoms with Crippen molar-refractivity contribution in [2.45, 2.75) is 24.7 Å². The van der Waals surface area contributed by atoms with E-state index in [-0.39, 0.29) is 11.8 Å². The second-order valence-electron chi connectivity index (χ2n) is 4.01. The highest BCUT2D eigenvalue weighted by molar-refractivity contribution is 9.10. The van der Waals surface area contributed by atoms with Gasteiger partial charge in [0.1, 0.15) is 22.4 Å². The van der Waals surface area contributed by atoms with Gasteiger partial charge in [-0.05, 0) is 22.0 Å². The van der Waals surface area contributed by atoms with Gasteiger partial charge in [0.05, 0.1) is 11.0 Å². The predicted molar refractivity (Wildman–Crippen MR) is 66.6 cm³/mol. The van der Waals surface area contributed by atoms with Gasteiger partial charge in [0, 0.05) is 19.6 Å². The zero-order valence-corrected chi connectivity index (χ0v) is 11.2. The highest BCUT2D eigenvalue weighted by Crippen LogP contribution is 2.37. The third-order valence-electron chi connectivity index (χ3n) is 2.91. The summed E-state index contributed by atoms with van der Waals surface area (Å²) in [5.41, 5.74) is -0.0543. The summed E-state index contributed by atoms with van der Waals surface area (Å²) < 4.78 is 11.0. The fraction of sp³-hybridized carbons (Fsp3) is 0.455. The van der Waals surface area contributed by atoms with Crippen LogP contribution in [0, 0.1) is 10.1 Å². The van der Waals surface area contributed by atoms with E-state index >= 15 is 0 Å². The van der Waals surface area contributed by atoms with Crippen molar-refractivity contribution in [3.05, 3.63) is 32.8 Å². The van der Waals surface area contributed by atoms with E-state index in [2.05, 4.69) is 15.9 Å². The van der Waals surface area contributed by atoms with Gasteiger partial charge < -0.3 is 14.6 Å². The lowest BCUT2D eigenvalue weighted by molar-refractivity contribution is -0.385. The molecule has 3 unspecified atom stereocenters. The molecule has 1 aromatic carbocycles. The van der Waals surface area contributed by atoms with E-state index in [1.54, 1.807) is 12.1 Å². The van der Waals surface area contributed by atoms with E-state index in [9.17, 15) is 15.2 Å². The number of nitro groups is 1. The Morgan fingerprint density at radius 1 is 1.56 bits per heavy atom. The number of hydrogen-bond donors (Lipinski definition) is 1. The van der Waals surface area contributed by atoms with Gasteiger partial charge in [0.25, 0.3) is 5.69 Å². The van der Waals surface area contributed by atoms with Crippen LogP contribution in [0.15, 0.2) is 22.7 Å². The van der Waals surface area contributed by atoms with Crippen LogP contribution in [0.5, 0.6) is 5.75 Å². The van der Waals surface area contributed by atoms with Crippen LogP contribution in [-0.4, -0.2) is 35.5 Å². The molecule has 0 aromatic heterocycles. The van der Waals surface area contributed by atoms with E-state index in [1.807, 2.05) is 0 Å². The molecule has 3 atom stereocenters. The number of aliphatic hydroxyl groups excluding tert-OH is 1. The Morgan fingerprint density at radius 2 is 2.28 bits per heavy atom. The Hall–Kier alpha value is -1.18. The van der Waals surface area contributed by atoms with Gasteiger partial charge in [0.15, 0.2) is 0 Å². The van der Waals surface area contributed by atoms with Gasteiger partial charge in [-0.15, -0.1) is 0 Å². The molecule has 18 heavy (non-hydrogen) atoms. The lowest BCUT2D eigenvalue weighted by atomic mass is 9.88. The van der Waals surface area contributed by atoms with Gasteiger partial charge in [-0.2, -0.15) is 0 Å². The molecule has 0 heterocycles. The fourth-order valence-corrected chi connectivity index (χ4v) is 2.38. The van der Waals surface area contributed by atoms with Gasteiger partial charge in [-0.3, -0.25) is 10.1 Å². The zero-order valence-electron chi connectivity index (χ0n) is 9.58. The monoisotopic (exact) mass is 317 g/mol. The number of benzene rings is 1. The van der Waals surface area contributed by atoms with Crippen LogP contribution in [-0.2, 0) is 4.74 Å². The lowest BCUT2D eigenvalue weighted by Gasteiger charge is -2.40. The molecule has 6 nitrogen and oxygen atoms in total. The number of methoxy groups -OCH3 is 1. The molecule has 1 saturated carbocycles. The molecule has 1 aliphatic rings. The van der Waals surface area contributed by atoms with E-state index < -0.39 is 17.1 Å². The first kappa shape index (κ1) is 13.3. The molecule has 0 saturated heterocycles.